The minimum atomic E-state index is -0.962. The molecule has 1 rings (SSSR count). The molecule has 1 aliphatic rings. The van der Waals surface area contributed by atoms with Crippen LogP contribution in [0.25, 0.3) is 0 Å². The van der Waals surface area contributed by atoms with Crippen molar-refractivity contribution in [3.8, 4) is 0 Å². The van der Waals surface area contributed by atoms with Crippen molar-refractivity contribution in [2.45, 2.75) is 51.5 Å². The summed E-state index contributed by atoms with van der Waals surface area (Å²) in [5.74, 6) is -1.66. The van der Waals surface area contributed by atoms with Gasteiger partial charge >= 0.3 is 17.9 Å². The lowest BCUT2D eigenvalue weighted by Gasteiger charge is -2.43. The Bertz CT molecular complexity index is 436. The third kappa shape index (κ3) is 5.45. The Kier molecular flexibility index (Phi) is 7.40. The van der Waals surface area contributed by atoms with Crippen molar-refractivity contribution < 1.29 is 42.8 Å². The van der Waals surface area contributed by atoms with E-state index in [9.17, 15) is 14.4 Å². The molecule has 0 N–H and O–H groups in total. The first kappa shape index (κ1) is 19.3. The lowest BCUT2D eigenvalue weighted by Crippen LogP contribution is -2.62. The minimum Gasteiger partial charge on any atom is -0.463 e. The second kappa shape index (κ2) is 8.80. The van der Waals surface area contributed by atoms with E-state index in [-0.39, 0.29) is 6.61 Å². The van der Waals surface area contributed by atoms with E-state index in [1.54, 1.807) is 0 Å². The molecular weight excluding hydrogens is 312 g/mol. The van der Waals surface area contributed by atoms with Crippen LogP contribution >= 0.6 is 0 Å². The molecule has 5 unspecified atom stereocenters. The summed E-state index contributed by atoms with van der Waals surface area (Å²) >= 11 is 0. The fourth-order valence-corrected chi connectivity index (χ4v) is 2.32. The van der Waals surface area contributed by atoms with Crippen LogP contribution in [-0.2, 0) is 42.8 Å². The number of methoxy groups -OCH3 is 2. The van der Waals surface area contributed by atoms with Crippen molar-refractivity contribution in [1.29, 1.82) is 0 Å². The van der Waals surface area contributed by atoms with Crippen molar-refractivity contribution >= 4 is 17.9 Å². The van der Waals surface area contributed by atoms with Crippen LogP contribution in [0.3, 0.4) is 0 Å². The first-order chi connectivity index (χ1) is 10.8. The van der Waals surface area contributed by atoms with E-state index in [1.165, 1.54) is 35.0 Å². The molecule has 5 atom stereocenters. The number of hydrogen-bond donors (Lipinski definition) is 0. The van der Waals surface area contributed by atoms with Crippen LogP contribution in [0.15, 0.2) is 0 Å². The zero-order chi connectivity index (χ0) is 17.6. The van der Waals surface area contributed by atoms with Gasteiger partial charge < -0.3 is 28.4 Å². The van der Waals surface area contributed by atoms with Gasteiger partial charge in [0.05, 0.1) is 0 Å². The highest BCUT2D eigenvalue weighted by Crippen LogP contribution is 2.28. The van der Waals surface area contributed by atoms with Crippen molar-refractivity contribution in [3.05, 3.63) is 0 Å². The number of carbonyl (C=O) groups is 3. The fraction of sp³-hybridized carbons (Fsp3) is 0.786. The van der Waals surface area contributed by atoms with E-state index in [4.69, 9.17) is 28.4 Å². The van der Waals surface area contributed by atoms with Crippen LogP contribution in [0.5, 0.6) is 0 Å². The maximum absolute atomic E-state index is 11.4. The average molecular weight is 334 g/mol. The quantitative estimate of drug-likeness (QED) is 0.482. The molecule has 0 spiro atoms. The summed E-state index contributed by atoms with van der Waals surface area (Å²) in [6, 6.07) is 0. The summed E-state index contributed by atoms with van der Waals surface area (Å²) in [5, 5.41) is 0. The molecule has 0 amide bonds. The number of hydrogen-bond acceptors (Lipinski definition) is 9. The van der Waals surface area contributed by atoms with Gasteiger partial charge in [-0.3, -0.25) is 14.4 Å². The van der Waals surface area contributed by atoms with Gasteiger partial charge in [-0.25, -0.2) is 0 Å². The van der Waals surface area contributed by atoms with Crippen LogP contribution in [0, 0.1) is 0 Å². The average Bonchev–Trinajstić information content (AvgIpc) is 2.45. The molecule has 1 saturated heterocycles. The van der Waals surface area contributed by atoms with Gasteiger partial charge in [0.1, 0.15) is 18.8 Å². The Balaban J connectivity index is 3.04. The van der Waals surface area contributed by atoms with Gasteiger partial charge in [0.2, 0.25) is 0 Å². The largest absolute Gasteiger partial charge is 0.463 e. The van der Waals surface area contributed by atoms with E-state index in [2.05, 4.69) is 0 Å². The number of ether oxygens (including phenoxy) is 6. The third-order valence-electron chi connectivity index (χ3n) is 3.15. The smallest absolute Gasteiger partial charge is 0.303 e. The van der Waals surface area contributed by atoms with E-state index in [1.807, 2.05) is 0 Å². The minimum absolute atomic E-state index is 0.167. The monoisotopic (exact) mass is 334 g/mol. The molecule has 0 saturated carbocycles. The van der Waals surface area contributed by atoms with Gasteiger partial charge in [-0.1, -0.05) is 0 Å². The topological polar surface area (TPSA) is 107 Å². The van der Waals surface area contributed by atoms with Gasteiger partial charge in [0.25, 0.3) is 0 Å². The van der Waals surface area contributed by atoms with Crippen LogP contribution in [0.2, 0.25) is 0 Å². The predicted octanol–water partition coefficient (Wildman–Crippen LogP) is -0.201. The van der Waals surface area contributed by atoms with Crippen molar-refractivity contribution in [2.75, 3.05) is 20.8 Å². The molecule has 1 aliphatic heterocycles. The molecule has 9 heteroatoms. The number of rotatable bonds is 6. The van der Waals surface area contributed by atoms with Crippen LogP contribution in [0.1, 0.15) is 20.8 Å². The second-order valence-corrected chi connectivity index (χ2v) is 4.93. The zero-order valence-corrected chi connectivity index (χ0v) is 13.8. The molecule has 9 nitrogen and oxygen atoms in total. The third-order valence-corrected chi connectivity index (χ3v) is 3.15. The van der Waals surface area contributed by atoms with Crippen molar-refractivity contribution in [3.63, 3.8) is 0 Å². The lowest BCUT2D eigenvalue weighted by atomic mass is 9.98. The molecule has 0 aliphatic carbocycles. The molecule has 1 fully saturated rings. The van der Waals surface area contributed by atoms with Gasteiger partial charge in [0.15, 0.2) is 18.5 Å². The second-order valence-electron chi connectivity index (χ2n) is 4.93. The van der Waals surface area contributed by atoms with E-state index >= 15 is 0 Å². The van der Waals surface area contributed by atoms with Gasteiger partial charge in [-0.15, -0.1) is 0 Å². The maximum Gasteiger partial charge on any atom is 0.303 e. The van der Waals surface area contributed by atoms with Crippen molar-refractivity contribution in [1.82, 2.24) is 0 Å². The van der Waals surface area contributed by atoms with Gasteiger partial charge in [0, 0.05) is 35.0 Å². The van der Waals surface area contributed by atoms with Crippen LogP contribution in [-0.4, -0.2) is 69.4 Å². The Labute approximate surface area is 134 Å². The van der Waals surface area contributed by atoms with Gasteiger partial charge in [-0.2, -0.15) is 0 Å². The van der Waals surface area contributed by atoms with E-state index in [0.717, 1.165) is 0 Å². The summed E-state index contributed by atoms with van der Waals surface area (Å²) < 4.78 is 31.4. The Morgan fingerprint density at radius 3 is 1.83 bits per heavy atom. The molecular formula is C14H22O9. The molecule has 0 aromatic carbocycles. The molecule has 0 aromatic heterocycles. The maximum atomic E-state index is 11.4. The SMILES string of the molecule is COC1OC(COC(C)=O)C(OC(C)=O)C(OC)C1OC(C)=O. The summed E-state index contributed by atoms with van der Waals surface area (Å²) in [6.45, 7) is 3.52. The lowest BCUT2D eigenvalue weighted by molar-refractivity contribution is -0.303. The highest BCUT2D eigenvalue weighted by Gasteiger charge is 2.50. The summed E-state index contributed by atoms with van der Waals surface area (Å²) in [6.07, 6.45) is -4.52. The van der Waals surface area contributed by atoms with Crippen LogP contribution < -0.4 is 0 Å². The highest BCUT2D eigenvalue weighted by molar-refractivity contribution is 5.67. The number of esters is 3. The van der Waals surface area contributed by atoms with E-state index < -0.39 is 48.6 Å². The predicted molar refractivity (Wildman–Crippen MR) is 74.2 cm³/mol. The normalized spacial score (nSPS) is 30.4. The molecule has 1 heterocycles. The summed E-state index contributed by atoms with van der Waals surface area (Å²) in [4.78, 5) is 33.7. The number of carbonyl (C=O) groups excluding carboxylic acids is 3. The standard InChI is InChI=1S/C14H22O9/c1-7(15)20-6-10-11(21-8(2)16)12(18-4)13(22-9(3)17)14(19-5)23-10/h10-14H,6H2,1-5H3. The first-order valence-electron chi connectivity index (χ1n) is 6.99. The molecule has 0 radical (unpaired) electrons. The summed E-state index contributed by atoms with van der Waals surface area (Å²) in [7, 11) is 2.74. The molecule has 0 aromatic rings. The zero-order valence-electron chi connectivity index (χ0n) is 13.8. The van der Waals surface area contributed by atoms with Gasteiger partial charge in [-0.05, 0) is 0 Å². The highest BCUT2D eigenvalue weighted by atomic mass is 16.7. The molecule has 0 bridgehead atoms. The van der Waals surface area contributed by atoms with E-state index in [0.29, 0.717) is 0 Å². The Morgan fingerprint density at radius 2 is 1.39 bits per heavy atom. The summed E-state index contributed by atoms with van der Waals surface area (Å²) in [5.41, 5.74) is 0. The van der Waals surface area contributed by atoms with Crippen molar-refractivity contribution in [2.24, 2.45) is 0 Å². The Morgan fingerprint density at radius 1 is 0.826 bits per heavy atom. The molecule has 23 heavy (non-hydrogen) atoms. The first-order valence-corrected chi connectivity index (χ1v) is 6.99. The Hall–Kier alpha value is -1.71. The van der Waals surface area contributed by atoms with Crippen LogP contribution in [0.4, 0.5) is 0 Å². The fourth-order valence-electron chi connectivity index (χ4n) is 2.32. The molecule has 132 valence electrons.